The summed E-state index contributed by atoms with van der Waals surface area (Å²) in [6.07, 6.45) is 3.32. The van der Waals surface area contributed by atoms with Gasteiger partial charge in [-0.3, -0.25) is 4.79 Å². The Morgan fingerprint density at radius 1 is 1.42 bits per heavy atom. The van der Waals surface area contributed by atoms with Crippen LogP contribution in [0.5, 0.6) is 0 Å². The number of hydrogen-bond donors (Lipinski definition) is 3. The number of hydrogen-bond acceptors (Lipinski definition) is 4. The van der Waals surface area contributed by atoms with Crippen LogP contribution in [0.25, 0.3) is 0 Å². The monoisotopic (exact) mass is 261 g/mol. The van der Waals surface area contributed by atoms with Crippen molar-refractivity contribution in [1.82, 2.24) is 0 Å². The highest BCUT2D eigenvalue weighted by molar-refractivity contribution is 5.95. The van der Waals surface area contributed by atoms with Gasteiger partial charge in [0.15, 0.2) is 0 Å². The van der Waals surface area contributed by atoms with E-state index in [9.17, 15) is 9.90 Å². The minimum Gasteiger partial charge on any atom is -0.397 e. The highest BCUT2D eigenvalue weighted by Gasteiger charge is 2.27. The van der Waals surface area contributed by atoms with E-state index >= 15 is 0 Å². The maximum atomic E-state index is 11.5. The average molecular weight is 261 g/mol. The first kappa shape index (κ1) is 12.3. The summed E-state index contributed by atoms with van der Waals surface area (Å²) in [4.78, 5) is 13.6. The molecule has 0 saturated carbocycles. The molecule has 3 rings (SSSR count). The number of amides is 1. The number of carbonyl (C=O) groups is 1. The number of anilines is 3. The molecule has 102 valence electrons. The Bertz CT molecular complexity index is 516. The van der Waals surface area contributed by atoms with Crippen molar-refractivity contribution in [1.29, 1.82) is 0 Å². The SMILES string of the molecule is Nc1cc2c(cc1N1CCCC1CO)NC(=O)CC2. The molecule has 19 heavy (non-hydrogen) atoms. The Balaban J connectivity index is 1.97. The Morgan fingerprint density at radius 2 is 2.26 bits per heavy atom. The zero-order valence-corrected chi connectivity index (χ0v) is 10.9. The largest absolute Gasteiger partial charge is 0.397 e. The lowest BCUT2D eigenvalue weighted by Crippen LogP contribution is -2.33. The molecule has 1 fully saturated rings. The number of aliphatic hydroxyl groups excluding tert-OH is 1. The second-order valence-corrected chi connectivity index (χ2v) is 5.29. The first-order valence-corrected chi connectivity index (χ1v) is 6.79. The van der Waals surface area contributed by atoms with Crippen LogP contribution in [-0.2, 0) is 11.2 Å². The van der Waals surface area contributed by atoms with Gasteiger partial charge in [-0.15, -0.1) is 0 Å². The van der Waals surface area contributed by atoms with Crippen LogP contribution in [0.3, 0.4) is 0 Å². The van der Waals surface area contributed by atoms with E-state index in [4.69, 9.17) is 5.73 Å². The van der Waals surface area contributed by atoms with E-state index in [-0.39, 0.29) is 18.6 Å². The van der Waals surface area contributed by atoms with Gasteiger partial charge in [0.05, 0.1) is 24.0 Å². The van der Waals surface area contributed by atoms with Crippen molar-refractivity contribution in [2.45, 2.75) is 31.7 Å². The molecular formula is C14H19N3O2. The van der Waals surface area contributed by atoms with Crippen LogP contribution in [0.15, 0.2) is 12.1 Å². The molecule has 2 aliphatic heterocycles. The van der Waals surface area contributed by atoms with Gasteiger partial charge in [0.1, 0.15) is 0 Å². The molecule has 1 atom stereocenters. The lowest BCUT2D eigenvalue weighted by molar-refractivity contribution is -0.116. The smallest absolute Gasteiger partial charge is 0.224 e. The van der Waals surface area contributed by atoms with Crippen LogP contribution in [0.2, 0.25) is 0 Å². The molecule has 1 amide bonds. The summed E-state index contributed by atoms with van der Waals surface area (Å²) in [5.41, 5.74) is 9.76. The first-order chi connectivity index (χ1) is 9.19. The average Bonchev–Trinajstić information content (AvgIpc) is 2.86. The van der Waals surface area contributed by atoms with Crippen molar-refractivity contribution < 1.29 is 9.90 Å². The van der Waals surface area contributed by atoms with E-state index in [1.807, 2.05) is 12.1 Å². The van der Waals surface area contributed by atoms with Gasteiger partial charge in [-0.25, -0.2) is 0 Å². The van der Waals surface area contributed by atoms with Gasteiger partial charge in [-0.2, -0.15) is 0 Å². The number of nitrogens with zero attached hydrogens (tertiary/aromatic N) is 1. The summed E-state index contributed by atoms with van der Waals surface area (Å²) >= 11 is 0. The lowest BCUT2D eigenvalue weighted by atomic mass is 10.0. The molecule has 1 aromatic carbocycles. The third-order valence-corrected chi connectivity index (χ3v) is 4.05. The molecule has 0 aromatic heterocycles. The van der Waals surface area contributed by atoms with E-state index in [2.05, 4.69) is 10.2 Å². The molecular weight excluding hydrogens is 242 g/mol. The van der Waals surface area contributed by atoms with Gasteiger partial charge in [0, 0.05) is 18.7 Å². The number of carbonyl (C=O) groups excluding carboxylic acids is 1. The van der Waals surface area contributed by atoms with Gasteiger partial charge in [-0.1, -0.05) is 0 Å². The molecule has 5 heteroatoms. The predicted molar refractivity (Wildman–Crippen MR) is 75.3 cm³/mol. The summed E-state index contributed by atoms with van der Waals surface area (Å²) in [6.45, 7) is 1.05. The number of nitrogens with two attached hydrogens (primary N) is 1. The van der Waals surface area contributed by atoms with Crippen LogP contribution < -0.4 is 16.0 Å². The molecule has 0 spiro atoms. The summed E-state index contributed by atoms with van der Waals surface area (Å²) in [7, 11) is 0. The fourth-order valence-electron chi connectivity index (χ4n) is 3.03. The summed E-state index contributed by atoms with van der Waals surface area (Å²) in [5, 5.41) is 12.3. The van der Waals surface area contributed by atoms with Gasteiger partial charge < -0.3 is 21.1 Å². The van der Waals surface area contributed by atoms with E-state index in [0.29, 0.717) is 6.42 Å². The minimum atomic E-state index is 0.0587. The van der Waals surface area contributed by atoms with Crippen LogP contribution in [0.1, 0.15) is 24.8 Å². The number of aryl methyl sites for hydroxylation is 1. The van der Waals surface area contributed by atoms with Crippen LogP contribution in [-0.4, -0.2) is 30.2 Å². The number of fused-ring (bicyclic) bond motifs is 1. The molecule has 2 aliphatic rings. The second-order valence-electron chi connectivity index (χ2n) is 5.29. The Hall–Kier alpha value is -1.75. The lowest BCUT2D eigenvalue weighted by Gasteiger charge is -2.28. The molecule has 0 radical (unpaired) electrons. The molecule has 5 nitrogen and oxygen atoms in total. The van der Waals surface area contributed by atoms with Gasteiger partial charge in [0.2, 0.25) is 5.91 Å². The maximum absolute atomic E-state index is 11.5. The summed E-state index contributed by atoms with van der Waals surface area (Å²) in [6, 6.07) is 4.05. The van der Waals surface area contributed by atoms with Crippen molar-refractivity contribution >= 4 is 23.0 Å². The molecule has 1 saturated heterocycles. The van der Waals surface area contributed by atoms with Crippen LogP contribution in [0.4, 0.5) is 17.1 Å². The molecule has 1 unspecified atom stereocenters. The van der Waals surface area contributed by atoms with Crippen LogP contribution >= 0.6 is 0 Å². The van der Waals surface area contributed by atoms with Crippen molar-refractivity contribution in [3.05, 3.63) is 17.7 Å². The molecule has 0 aliphatic carbocycles. The Kier molecular flexibility index (Phi) is 3.06. The Morgan fingerprint density at radius 3 is 3.05 bits per heavy atom. The van der Waals surface area contributed by atoms with E-state index in [0.717, 1.165) is 48.4 Å². The third kappa shape index (κ3) is 2.14. The zero-order valence-electron chi connectivity index (χ0n) is 10.9. The van der Waals surface area contributed by atoms with E-state index in [1.54, 1.807) is 0 Å². The van der Waals surface area contributed by atoms with Crippen molar-refractivity contribution in [3.8, 4) is 0 Å². The van der Waals surface area contributed by atoms with E-state index in [1.165, 1.54) is 0 Å². The normalized spacial score (nSPS) is 22.3. The standard InChI is InChI=1S/C14H19N3O2/c15-11-6-9-3-4-14(19)16-12(9)7-13(11)17-5-1-2-10(17)8-18/h6-7,10,18H,1-5,8,15H2,(H,16,19). The zero-order chi connectivity index (χ0) is 13.4. The number of nitrogen functional groups attached to an aromatic ring is 1. The molecule has 2 heterocycles. The quantitative estimate of drug-likeness (QED) is 0.697. The Labute approximate surface area is 112 Å². The van der Waals surface area contributed by atoms with Crippen molar-refractivity contribution in [2.24, 2.45) is 0 Å². The summed E-state index contributed by atoms with van der Waals surface area (Å²) < 4.78 is 0. The second kappa shape index (κ2) is 4.74. The number of rotatable bonds is 2. The van der Waals surface area contributed by atoms with E-state index < -0.39 is 0 Å². The number of aliphatic hydroxyl groups is 1. The van der Waals surface area contributed by atoms with Gasteiger partial charge in [0.25, 0.3) is 0 Å². The fraction of sp³-hybridized carbons (Fsp3) is 0.500. The highest BCUT2D eigenvalue weighted by Crippen LogP contribution is 2.36. The predicted octanol–water partition coefficient (Wildman–Crippen LogP) is 1.11. The van der Waals surface area contributed by atoms with Crippen LogP contribution in [0, 0.1) is 0 Å². The number of benzene rings is 1. The fourth-order valence-corrected chi connectivity index (χ4v) is 3.03. The maximum Gasteiger partial charge on any atom is 0.224 e. The first-order valence-electron chi connectivity index (χ1n) is 6.79. The number of nitrogens with one attached hydrogen (secondary N) is 1. The van der Waals surface area contributed by atoms with Crippen molar-refractivity contribution in [2.75, 3.05) is 29.1 Å². The topological polar surface area (TPSA) is 78.6 Å². The minimum absolute atomic E-state index is 0.0587. The van der Waals surface area contributed by atoms with Gasteiger partial charge in [-0.05, 0) is 37.0 Å². The highest BCUT2D eigenvalue weighted by atomic mass is 16.3. The van der Waals surface area contributed by atoms with Gasteiger partial charge >= 0.3 is 0 Å². The molecule has 4 N–H and O–H groups in total. The molecule has 0 bridgehead atoms. The van der Waals surface area contributed by atoms with Crippen molar-refractivity contribution in [3.63, 3.8) is 0 Å². The molecule has 1 aromatic rings. The third-order valence-electron chi connectivity index (χ3n) is 4.05. The summed E-state index contributed by atoms with van der Waals surface area (Å²) in [5.74, 6) is 0.0587.